The van der Waals surface area contributed by atoms with Gasteiger partial charge in [-0.25, -0.2) is 4.98 Å². The Morgan fingerprint density at radius 3 is 2.65 bits per heavy atom. The van der Waals surface area contributed by atoms with E-state index in [9.17, 15) is 0 Å². The summed E-state index contributed by atoms with van der Waals surface area (Å²) < 4.78 is 5.46. The van der Waals surface area contributed by atoms with Gasteiger partial charge in [0.15, 0.2) is 5.82 Å². The molecule has 1 aromatic carbocycles. The van der Waals surface area contributed by atoms with Crippen LogP contribution in [0.2, 0.25) is 0 Å². The fourth-order valence-electron chi connectivity index (χ4n) is 1.22. The van der Waals surface area contributed by atoms with E-state index < -0.39 is 6.04 Å². The lowest BCUT2D eigenvalue weighted by Gasteiger charge is -2.08. The second kappa shape index (κ2) is 5.33. The Bertz CT molecular complexity index is 476. The summed E-state index contributed by atoms with van der Waals surface area (Å²) in [5.41, 5.74) is 11.2. The first-order valence-corrected chi connectivity index (χ1v) is 5.17. The summed E-state index contributed by atoms with van der Waals surface area (Å²) in [5.74, 6) is 1.08. The zero-order valence-corrected chi connectivity index (χ0v) is 9.15. The number of nitrogens with zero attached hydrogens (tertiary/aromatic N) is 3. The Hall–Kier alpha value is -2.05. The van der Waals surface area contributed by atoms with Crippen LogP contribution in [-0.4, -0.2) is 21.5 Å². The van der Waals surface area contributed by atoms with Crippen molar-refractivity contribution in [2.75, 3.05) is 6.54 Å². The largest absolute Gasteiger partial charge is 0.424 e. The molecule has 0 aliphatic rings. The molecule has 6 heteroatoms. The van der Waals surface area contributed by atoms with Crippen molar-refractivity contribution in [3.05, 3.63) is 42.5 Å². The van der Waals surface area contributed by atoms with E-state index in [1.807, 2.05) is 30.3 Å². The molecule has 0 bridgehead atoms. The molecule has 0 amide bonds. The number of aromatic nitrogens is 3. The van der Waals surface area contributed by atoms with Gasteiger partial charge in [-0.05, 0) is 12.1 Å². The predicted molar refractivity (Wildman–Crippen MR) is 62.3 cm³/mol. The molecule has 1 atom stereocenters. The normalized spacial score (nSPS) is 12.1. The molecule has 0 fully saturated rings. The smallest absolute Gasteiger partial charge is 0.325 e. The number of hydrogen-bond donors (Lipinski definition) is 2. The summed E-state index contributed by atoms with van der Waals surface area (Å²) in [6.07, 6.45) is 1.36. The lowest BCUT2D eigenvalue weighted by molar-refractivity contribution is 0.432. The fourth-order valence-corrected chi connectivity index (χ4v) is 1.22. The minimum Gasteiger partial charge on any atom is -0.424 e. The summed E-state index contributed by atoms with van der Waals surface area (Å²) in [4.78, 5) is 11.9. The summed E-state index contributed by atoms with van der Waals surface area (Å²) in [6.45, 7) is 0.273. The minimum atomic E-state index is -0.406. The van der Waals surface area contributed by atoms with Crippen LogP contribution in [0.15, 0.2) is 36.7 Å². The zero-order valence-electron chi connectivity index (χ0n) is 9.15. The fraction of sp³-hybridized carbons (Fsp3) is 0.182. The first-order valence-electron chi connectivity index (χ1n) is 5.17. The van der Waals surface area contributed by atoms with Gasteiger partial charge in [0.1, 0.15) is 12.1 Å². The van der Waals surface area contributed by atoms with Crippen LogP contribution in [0.3, 0.4) is 0 Å². The van der Waals surface area contributed by atoms with Crippen LogP contribution in [0.5, 0.6) is 11.8 Å². The van der Waals surface area contributed by atoms with Crippen LogP contribution in [0, 0.1) is 0 Å². The quantitative estimate of drug-likeness (QED) is 0.800. The molecule has 6 nitrogen and oxygen atoms in total. The summed E-state index contributed by atoms with van der Waals surface area (Å²) in [7, 11) is 0. The summed E-state index contributed by atoms with van der Waals surface area (Å²) in [6, 6.07) is 9.06. The monoisotopic (exact) mass is 231 g/mol. The number of rotatable bonds is 4. The second-order valence-electron chi connectivity index (χ2n) is 3.38. The Morgan fingerprint density at radius 1 is 1.18 bits per heavy atom. The maximum absolute atomic E-state index is 5.72. The molecule has 0 saturated heterocycles. The van der Waals surface area contributed by atoms with Crippen molar-refractivity contribution in [2.45, 2.75) is 6.04 Å². The third-order valence-corrected chi connectivity index (χ3v) is 2.11. The van der Waals surface area contributed by atoms with E-state index in [1.165, 1.54) is 6.33 Å². The minimum absolute atomic E-state index is 0.213. The molecule has 0 radical (unpaired) electrons. The average Bonchev–Trinajstić information content (AvgIpc) is 2.39. The van der Waals surface area contributed by atoms with E-state index in [0.29, 0.717) is 11.6 Å². The molecular formula is C11H13N5O. The number of para-hydroxylation sites is 1. The standard InChI is InChI=1S/C11H13N5O/c12-6-9(13)10-14-7-15-11(16-10)17-8-4-2-1-3-5-8/h1-5,7,9H,6,12-13H2. The van der Waals surface area contributed by atoms with E-state index in [4.69, 9.17) is 16.2 Å². The highest BCUT2D eigenvalue weighted by molar-refractivity contribution is 5.23. The number of nitrogens with two attached hydrogens (primary N) is 2. The van der Waals surface area contributed by atoms with Gasteiger partial charge in [-0.3, -0.25) is 0 Å². The molecule has 1 unspecified atom stereocenters. The molecule has 0 spiro atoms. The third kappa shape index (κ3) is 2.96. The molecule has 0 aliphatic carbocycles. The maximum Gasteiger partial charge on any atom is 0.325 e. The SMILES string of the molecule is NCC(N)c1ncnc(Oc2ccccc2)n1. The first kappa shape index (κ1) is 11.4. The van der Waals surface area contributed by atoms with Gasteiger partial charge in [-0.2, -0.15) is 9.97 Å². The molecule has 2 aromatic rings. The summed E-state index contributed by atoms with van der Waals surface area (Å²) in [5, 5.41) is 0. The second-order valence-corrected chi connectivity index (χ2v) is 3.38. The van der Waals surface area contributed by atoms with Crippen molar-refractivity contribution in [3.63, 3.8) is 0 Å². The van der Waals surface area contributed by atoms with Gasteiger partial charge in [0.25, 0.3) is 0 Å². The highest BCUT2D eigenvalue weighted by Gasteiger charge is 2.09. The molecule has 1 aromatic heterocycles. The predicted octanol–water partition coefficient (Wildman–Crippen LogP) is 0.622. The van der Waals surface area contributed by atoms with Crippen molar-refractivity contribution < 1.29 is 4.74 Å². The molecule has 0 saturated carbocycles. The average molecular weight is 231 g/mol. The van der Waals surface area contributed by atoms with Crippen molar-refractivity contribution in [2.24, 2.45) is 11.5 Å². The molecule has 88 valence electrons. The lowest BCUT2D eigenvalue weighted by Crippen LogP contribution is -2.23. The van der Waals surface area contributed by atoms with Crippen molar-refractivity contribution >= 4 is 0 Å². The molecule has 0 aliphatic heterocycles. The van der Waals surface area contributed by atoms with E-state index in [0.717, 1.165) is 0 Å². The summed E-state index contributed by atoms with van der Waals surface area (Å²) >= 11 is 0. The van der Waals surface area contributed by atoms with Crippen LogP contribution in [0.4, 0.5) is 0 Å². The van der Waals surface area contributed by atoms with E-state index in [-0.39, 0.29) is 12.6 Å². The van der Waals surface area contributed by atoms with Gasteiger partial charge in [0.05, 0.1) is 6.04 Å². The topological polar surface area (TPSA) is 99.9 Å². The Kier molecular flexibility index (Phi) is 3.59. The van der Waals surface area contributed by atoms with Crippen molar-refractivity contribution in [3.8, 4) is 11.8 Å². The highest BCUT2D eigenvalue weighted by atomic mass is 16.5. The third-order valence-electron chi connectivity index (χ3n) is 2.11. The lowest BCUT2D eigenvalue weighted by atomic mass is 10.3. The molecular weight excluding hydrogens is 218 g/mol. The molecule has 4 N–H and O–H groups in total. The highest BCUT2D eigenvalue weighted by Crippen LogP contribution is 2.16. The van der Waals surface area contributed by atoms with Gasteiger partial charge >= 0.3 is 6.01 Å². The van der Waals surface area contributed by atoms with Crippen LogP contribution in [0.25, 0.3) is 0 Å². The molecule has 17 heavy (non-hydrogen) atoms. The van der Waals surface area contributed by atoms with Crippen LogP contribution < -0.4 is 16.2 Å². The van der Waals surface area contributed by atoms with Crippen molar-refractivity contribution in [1.29, 1.82) is 0 Å². The Balaban J connectivity index is 2.17. The number of hydrogen-bond acceptors (Lipinski definition) is 6. The van der Waals surface area contributed by atoms with Crippen LogP contribution in [-0.2, 0) is 0 Å². The maximum atomic E-state index is 5.72. The Morgan fingerprint density at radius 2 is 1.94 bits per heavy atom. The van der Waals surface area contributed by atoms with Crippen molar-refractivity contribution in [1.82, 2.24) is 15.0 Å². The van der Waals surface area contributed by atoms with E-state index in [2.05, 4.69) is 15.0 Å². The first-order chi connectivity index (χ1) is 8.29. The van der Waals surface area contributed by atoms with Gasteiger partial charge in [0, 0.05) is 6.54 Å². The van der Waals surface area contributed by atoms with E-state index >= 15 is 0 Å². The van der Waals surface area contributed by atoms with Crippen LogP contribution >= 0.6 is 0 Å². The van der Waals surface area contributed by atoms with Gasteiger partial charge in [-0.1, -0.05) is 18.2 Å². The van der Waals surface area contributed by atoms with E-state index in [1.54, 1.807) is 0 Å². The van der Waals surface area contributed by atoms with Gasteiger partial charge in [-0.15, -0.1) is 0 Å². The van der Waals surface area contributed by atoms with Gasteiger partial charge < -0.3 is 16.2 Å². The van der Waals surface area contributed by atoms with Crippen LogP contribution in [0.1, 0.15) is 11.9 Å². The number of ether oxygens (including phenoxy) is 1. The van der Waals surface area contributed by atoms with Gasteiger partial charge in [0.2, 0.25) is 0 Å². The molecule has 2 rings (SSSR count). The number of benzene rings is 1. The zero-order chi connectivity index (χ0) is 12.1. The molecule has 1 heterocycles. The Labute approximate surface area is 98.7 Å².